The molecule has 0 radical (unpaired) electrons. The predicted octanol–water partition coefficient (Wildman–Crippen LogP) is 2.52. The van der Waals surface area contributed by atoms with Gasteiger partial charge >= 0.3 is 5.97 Å². The Morgan fingerprint density at radius 3 is 2.32 bits per heavy atom. The van der Waals surface area contributed by atoms with Crippen LogP contribution < -0.4 is 5.32 Å². The maximum Gasteiger partial charge on any atom is 0.312 e. The summed E-state index contributed by atoms with van der Waals surface area (Å²) < 4.78 is 32.4. The van der Waals surface area contributed by atoms with E-state index in [1.54, 1.807) is 4.90 Å². The lowest BCUT2D eigenvalue weighted by Gasteiger charge is -2.25. The quantitative estimate of drug-likeness (QED) is 0.587. The van der Waals surface area contributed by atoms with Crippen LogP contribution in [0.1, 0.15) is 58.3 Å². The van der Waals surface area contributed by atoms with E-state index < -0.39 is 33.9 Å². The van der Waals surface area contributed by atoms with E-state index in [2.05, 4.69) is 5.32 Å². The van der Waals surface area contributed by atoms with E-state index in [0.717, 1.165) is 44.9 Å². The number of carbonyl (C=O) groups is 3. The van der Waals surface area contributed by atoms with Crippen LogP contribution in [0.4, 0.5) is 5.69 Å². The number of likely N-dealkylation sites (tertiary alicyclic amines) is 1. The number of piperidine rings is 1. The van der Waals surface area contributed by atoms with Gasteiger partial charge in [-0.1, -0.05) is 19.3 Å². The SMILES string of the molecule is CC(OC(=O)C1CC(=O)N(C2CCCC2)C1)C(=O)Nc1ccc(S(=O)(=O)N2CCCCC2)cc1. The Morgan fingerprint density at radius 2 is 1.68 bits per heavy atom. The third kappa shape index (κ3) is 5.43. The Hall–Kier alpha value is -2.46. The predicted molar refractivity (Wildman–Crippen MR) is 125 cm³/mol. The minimum atomic E-state index is -3.54. The molecule has 1 aliphatic carbocycles. The van der Waals surface area contributed by atoms with Gasteiger partial charge in [0, 0.05) is 37.8 Å². The molecule has 0 spiro atoms. The number of rotatable bonds is 7. The molecule has 2 amide bonds. The first kappa shape index (κ1) is 24.7. The van der Waals surface area contributed by atoms with Crippen molar-refractivity contribution in [2.24, 2.45) is 5.92 Å². The van der Waals surface area contributed by atoms with Gasteiger partial charge in [-0.3, -0.25) is 14.4 Å². The molecular weight excluding hydrogens is 458 g/mol. The lowest BCUT2D eigenvalue weighted by molar-refractivity contribution is -0.157. The summed E-state index contributed by atoms with van der Waals surface area (Å²) in [5, 5.41) is 2.66. The van der Waals surface area contributed by atoms with E-state index >= 15 is 0 Å². The van der Waals surface area contributed by atoms with Crippen LogP contribution in [0.25, 0.3) is 0 Å². The molecule has 1 aromatic rings. The molecule has 186 valence electrons. The number of ether oxygens (including phenoxy) is 1. The summed E-state index contributed by atoms with van der Waals surface area (Å²) in [6, 6.07) is 6.21. The summed E-state index contributed by atoms with van der Waals surface area (Å²) in [6.07, 6.45) is 5.99. The average molecular weight is 492 g/mol. The van der Waals surface area contributed by atoms with Gasteiger partial charge in [0.2, 0.25) is 15.9 Å². The molecule has 1 N–H and O–H groups in total. The summed E-state index contributed by atoms with van der Waals surface area (Å²) in [4.78, 5) is 39.4. The molecule has 1 aromatic carbocycles. The lowest BCUT2D eigenvalue weighted by Crippen LogP contribution is -2.36. The lowest BCUT2D eigenvalue weighted by atomic mass is 10.1. The van der Waals surface area contributed by atoms with E-state index in [1.165, 1.54) is 35.5 Å². The molecule has 3 aliphatic rings. The standard InChI is InChI=1S/C24H33N3O6S/c1-17(33-24(30)18-15-22(28)27(16-18)20-7-3-4-8-20)23(29)25-19-9-11-21(12-10-19)34(31,32)26-13-5-2-6-14-26/h9-12,17-18,20H,2-8,13-16H2,1H3,(H,25,29). The summed E-state index contributed by atoms with van der Waals surface area (Å²) in [5.41, 5.74) is 0.411. The third-order valence-electron chi connectivity index (χ3n) is 6.99. The molecule has 0 bridgehead atoms. The van der Waals surface area contributed by atoms with Crippen LogP contribution in [-0.4, -0.2) is 67.2 Å². The van der Waals surface area contributed by atoms with Crippen molar-refractivity contribution in [2.75, 3.05) is 25.0 Å². The zero-order valence-corrected chi connectivity index (χ0v) is 20.4. The highest BCUT2D eigenvalue weighted by Crippen LogP contribution is 2.30. The summed E-state index contributed by atoms with van der Waals surface area (Å²) in [5.74, 6) is -1.63. The van der Waals surface area contributed by atoms with Gasteiger partial charge in [0.25, 0.3) is 5.91 Å². The van der Waals surface area contributed by atoms with E-state index in [-0.39, 0.29) is 23.3 Å². The number of hydrogen-bond donors (Lipinski definition) is 1. The fourth-order valence-corrected chi connectivity index (χ4v) is 6.51. The van der Waals surface area contributed by atoms with Crippen LogP contribution in [-0.2, 0) is 29.1 Å². The molecule has 1 saturated carbocycles. The second kappa shape index (κ2) is 10.4. The summed E-state index contributed by atoms with van der Waals surface area (Å²) >= 11 is 0. The summed E-state index contributed by atoms with van der Waals surface area (Å²) in [7, 11) is -3.54. The van der Waals surface area contributed by atoms with Gasteiger partial charge in [0.05, 0.1) is 10.8 Å². The van der Waals surface area contributed by atoms with Crippen LogP contribution in [0, 0.1) is 5.92 Å². The van der Waals surface area contributed by atoms with Crippen LogP contribution in [0.3, 0.4) is 0 Å². The smallest absolute Gasteiger partial charge is 0.312 e. The molecule has 0 aromatic heterocycles. The van der Waals surface area contributed by atoms with Gasteiger partial charge in [-0.2, -0.15) is 4.31 Å². The molecule has 10 heteroatoms. The first-order valence-corrected chi connectivity index (χ1v) is 13.6. The van der Waals surface area contributed by atoms with E-state index in [1.807, 2.05) is 0 Å². The van der Waals surface area contributed by atoms with Crippen molar-refractivity contribution in [3.8, 4) is 0 Å². The first-order chi connectivity index (χ1) is 16.3. The Bertz CT molecular complexity index is 1010. The zero-order chi connectivity index (χ0) is 24.3. The molecule has 2 aliphatic heterocycles. The van der Waals surface area contributed by atoms with Gasteiger partial charge in [-0.15, -0.1) is 0 Å². The van der Waals surface area contributed by atoms with Crippen LogP contribution in [0.15, 0.2) is 29.2 Å². The highest BCUT2D eigenvalue weighted by molar-refractivity contribution is 7.89. The van der Waals surface area contributed by atoms with Gasteiger partial charge in [-0.25, -0.2) is 8.42 Å². The maximum atomic E-state index is 12.8. The molecule has 2 unspecified atom stereocenters. The number of sulfonamides is 1. The first-order valence-electron chi connectivity index (χ1n) is 12.2. The average Bonchev–Trinajstić information content (AvgIpc) is 3.49. The highest BCUT2D eigenvalue weighted by Gasteiger charge is 2.40. The molecule has 2 atom stereocenters. The Balaban J connectivity index is 1.29. The van der Waals surface area contributed by atoms with Crippen LogP contribution in [0.2, 0.25) is 0 Å². The second-order valence-corrected chi connectivity index (χ2v) is 11.4. The van der Waals surface area contributed by atoms with Crippen molar-refractivity contribution in [2.45, 2.75) is 75.3 Å². The Morgan fingerprint density at radius 1 is 1.03 bits per heavy atom. The molecule has 34 heavy (non-hydrogen) atoms. The zero-order valence-electron chi connectivity index (χ0n) is 19.6. The molecule has 2 heterocycles. The van der Waals surface area contributed by atoms with Gasteiger partial charge < -0.3 is 15.0 Å². The second-order valence-electron chi connectivity index (χ2n) is 9.44. The summed E-state index contributed by atoms with van der Waals surface area (Å²) in [6.45, 7) is 2.88. The minimum absolute atomic E-state index is 0.0226. The number of hydrogen-bond acceptors (Lipinski definition) is 6. The van der Waals surface area contributed by atoms with E-state index in [0.29, 0.717) is 25.3 Å². The van der Waals surface area contributed by atoms with Crippen molar-refractivity contribution in [3.05, 3.63) is 24.3 Å². The number of esters is 1. The topological polar surface area (TPSA) is 113 Å². The number of benzene rings is 1. The maximum absolute atomic E-state index is 12.8. The third-order valence-corrected chi connectivity index (χ3v) is 8.91. The number of nitrogens with one attached hydrogen (secondary N) is 1. The molecule has 9 nitrogen and oxygen atoms in total. The fraction of sp³-hybridized carbons (Fsp3) is 0.625. The van der Waals surface area contributed by atoms with Crippen molar-refractivity contribution in [1.82, 2.24) is 9.21 Å². The molecular formula is C24H33N3O6S. The minimum Gasteiger partial charge on any atom is -0.452 e. The normalized spacial score (nSPS) is 23.1. The number of anilines is 1. The molecule has 3 fully saturated rings. The Kier molecular flexibility index (Phi) is 7.57. The molecule has 4 rings (SSSR count). The van der Waals surface area contributed by atoms with Crippen molar-refractivity contribution in [3.63, 3.8) is 0 Å². The number of amides is 2. The molecule has 2 saturated heterocycles. The van der Waals surface area contributed by atoms with Gasteiger partial charge in [0.15, 0.2) is 6.10 Å². The Labute approximate surface area is 200 Å². The monoisotopic (exact) mass is 491 g/mol. The van der Waals surface area contributed by atoms with E-state index in [4.69, 9.17) is 4.74 Å². The largest absolute Gasteiger partial charge is 0.452 e. The van der Waals surface area contributed by atoms with Gasteiger partial charge in [-0.05, 0) is 56.9 Å². The van der Waals surface area contributed by atoms with Crippen molar-refractivity contribution < 1.29 is 27.5 Å². The van der Waals surface area contributed by atoms with Crippen molar-refractivity contribution >= 4 is 33.5 Å². The fourth-order valence-electron chi connectivity index (χ4n) is 4.99. The van der Waals surface area contributed by atoms with Gasteiger partial charge in [0.1, 0.15) is 0 Å². The van der Waals surface area contributed by atoms with Crippen LogP contribution >= 0.6 is 0 Å². The highest BCUT2D eigenvalue weighted by atomic mass is 32.2. The number of carbonyl (C=O) groups excluding carboxylic acids is 3. The van der Waals surface area contributed by atoms with E-state index in [9.17, 15) is 22.8 Å². The van der Waals surface area contributed by atoms with Crippen molar-refractivity contribution in [1.29, 1.82) is 0 Å². The van der Waals surface area contributed by atoms with Crippen LogP contribution in [0.5, 0.6) is 0 Å². The number of nitrogens with zero attached hydrogens (tertiary/aromatic N) is 2.